The topological polar surface area (TPSA) is 35.2 Å². The number of alkyl halides is 3. The zero-order chi connectivity index (χ0) is 14.1. The quantitative estimate of drug-likeness (QED) is 0.753. The smallest absolute Gasteiger partial charge is 0.416 e. The van der Waals surface area contributed by atoms with Crippen LogP contribution in [-0.2, 0) is 6.18 Å². The van der Waals surface area contributed by atoms with Crippen LogP contribution in [0.3, 0.4) is 0 Å². The number of ether oxygens (including phenoxy) is 1. The fourth-order valence-corrected chi connectivity index (χ4v) is 0.911. The number of nitrogen functional groups attached to an aromatic ring is 1. The van der Waals surface area contributed by atoms with E-state index in [1.165, 1.54) is 13.2 Å². The highest BCUT2D eigenvalue weighted by atomic mass is 19.4. The van der Waals surface area contributed by atoms with Crippen LogP contribution in [0.4, 0.5) is 18.9 Å². The van der Waals surface area contributed by atoms with Gasteiger partial charge in [0.2, 0.25) is 0 Å². The molecule has 17 heavy (non-hydrogen) atoms. The first-order chi connectivity index (χ1) is 7.95. The molecule has 0 aliphatic rings. The number of methoxy groups -OCH3 is 1. The maximum Gasteiger partial charge on any atom is 0.416 e. The van der Waals surface area contributed by atoms with Gasteiger partial charge < -0.3 is 10.5 Å². The Balaban J connectivity index is 0. The van der Waals surface area contributed by atoms with Crippen LogP contribution < -0.4 is 10.5 Å². The lowest BCUT2D eigenvalue weighted by molar-refractivity contribution is -0.137. The second kappa shape index (κ2) is 8.73. The van der Waals surface area contributed by atoms with E-state index >= 15 is 0 Å². The van der Waals surface area contributed by atoms with E-state index in [2.05, 4.69) is 0 Å². The van der Waals surface area contributed by atoms with E-state index in [4.69, 9.17) is 10.5 Å². The average Bonchev–Trinajstić information content (AvgIpc) is 2.33. The minimum absolute atomic E-state index is 0.0164. The lowest BCUT2D eigenvalue weighted by atomic mass is 10.2. The van der Waals surface area contributed by atoms with Gasteiger partial charge in [0.25, 0.3) is 0 Å². The van der Waals surface area contributed by atoms with Crippen molar-refractivity contribution in [2.45, 2.75) is 33.9 Å². The average molecular weight is 251 g/mol. The molecule has 0 radical (unpaired) electrons. The number of rotatable bonds is 1. The van der Waals surface area contributed by atoms with E-state index in [1.807, 2.05) is 27.7 Å². The third-order valence-electron chi connectivity index (χ3n) is 1.56. The van der Waals surface area contributed by atoms with Gasteiger partial charge in [-0.15, -0.1) is 0 Å². The Morgan fingerprint density at radius 3 is 1.82 bits per heavy atom. The van der Waals surface area contributed by atoms with Gasteiger partial charge in [-0.1, -0.05) is 27.7 Å². The van der Waals surface area contributed by atoms with Crippen molar-refractivity contribution in [3.05, 3.63) is 23.8 Å². The van der Waals surface area contributed by atoms with E-state index in [0.29, 0.717) is 0 Å². The fraction of sp³-hybridized carbons (Fsp3) is 0.500. The highest BCUT2D eigenvalue weighted by Crippen LogP contribution is 2.33. The lowest BCUT2D eigenvalue weighted by Gasteiger charge is -2.09. The molecule has 1 rings (SSSR count). The zero-order valence-electron chi connectivity index (χ0n) is 10.9. The highest BCUT2D eigenvalue weighted by molar-refractivity contribution is 5.54. The van der Waals surface area contributed by atoms with Gasteiger partial charge in [-0.2, -0.15) is 13.2 Å². The van der Waals surface area contributed by atoms with Gasteiger partial charge >= 0.3 is 6.18 Å². The van der Waals surface area contributed by atoms with Crippen molar-refractivity contribution in [1.29, 1.82) is 0 Å². The Labute approximate surface area is 101 Å². The van der Waals surface area contributed by atoms with Crippen molar-refractivity contribution in [2.75, 3.05) is 12.8 Å². The third-order valence-corrected chi connectivity index (χ3v) is 1.56. The maximum absolute atomic E-state index is 12.1. The molecule has 0 fully saturated rings. The van der Waals surface area contributed by atoms with E-state index in [1.54, 1.807) is 0 Å². The molecule has 0 atom stereocenters. The summed E-state index contributed by atoms with van der Waals surface area (Å²) in [6.45, 7) is 8.00. The molecule has 2 nitrogen and oxygen atoms in total. The predicted molar refractivity (Wildman–Crippen MR) is 65.1 cm³/mol. The molecule has 0 spiro atoms. The Hall–Kier alpha value is -1.39. The SMILES string of the molecule is CC.CC.COc1ccc(C(F)(F)F)cc1N. The largest absolute Gasteiger partial charge is 0.495 e. The minimum Gasteiger partial charge on any atom is -0.495 e. The van der Waals surface area contributed by atoms with Crippen LogP contribution >= 0.6 is 0 Å². The number of anilines is 1. The minimum atomic E-state index is -4.36. The molecule has 0 amide bonds. The molecule has 0 bridgehead atoms. The zero-order valence-corrected chi connectivity index (χ0v) is 10.9. The monoisotopic (exact) mass is 251 g/mol. The molecule has 0 aliphatic carbocycles. The summed E-state index contributed by atoms with van der Waals surface area (Å²) < 4.78 is 41.0. The Kier molecular flexibility index (Phi) is 9.23. The number of benzene rings is 1. The molecule has 0 saturated heterocycles. The molecule has 0 unspecified atom stereocenters. The van der Waals surface area contributed by atoms with Crippen molar-refractivity contribution in [3.8, 4) is 5.75 Å². The van der Waals surface area contributed by atoms with Gasteiger partial charge in [0.05, 0.1) is 18.4 Å². The van der Waals surface area contributed by atoms with Crippen LogP contribution in [0.25, 0.3) is 0 Å². The highest BCUT2D eigenvalue weighted by Gasteiger charge is 2.30. The summed E-state index contributed by atoms with van der Waals surface area (Å²) in [5.41, 5.74) is 4.51. The molecule has 0 heterocycles. The number of nitrogens with two attached hydrogens (primary N) is 1. The molecular formula is C12H20F3NO. The molecular weight excluding hydrogens is 231 g/mol. The fourth-order valence-electron chi connectivity index (χ4n) is 0.911. The van der Waals surface area contributed by atoms with E-state index in [0.717, 1.165) is 12.1 Å². The van der Waals surface area contributed by atoms with Gasteiger partial charge in [0.1, 0.15) is 5.75 Å². The second-order valence-electron chi connectivity index (χ2n) is 2.45. The van der Waals surface area contributed by atoms with Crippen LogP contribution in [0.2, 0.25) is 0 Å². The van der Waals surface area contributed by atoms with E-state index in [9.17, 15) is 13.2 Å². The van der Waals surface area contributed by atoms with Gasteiger partial charge in [0, 0.05) is 0 Å². The van der Waals surface area contributed by atoms with Gasteiger partial charge in [0.15, 0.2) is 0 Å². The van der Waals surface area contributed by atoms with Crippen LogP contribution in [0.1, 0.15) is 33.3 Å². The van der Waals surface area contributed by atoms with Crippen molar-refractivity contribution >= 4 is 5.69 Å². The first kappa shape index (κ1) is 18.0. The Bertz CT molecular complexity index is 311. The molecule has 1 aromatic rings. The summed E-state index contributed by atoms with van der Waals surface area (Å²) in [6, 6.07) is 2.96. The summed E-state index contributed by atoms with van der Waals surface area (Å²) in [6.07, 6.45) is -4.36. The summed E-state index contributed by atoms with van der Waals surface area (Å²) in [5.74, 6) is 0.244. The summed E-state index contributed by atoms with van der Waals surface area (Å²) in [5, 5.41) is 0. The van der Waals surface area contributed by atoms with Gasteiger partial charge in [-0.3, -0.25) is 0 Å². The molecule has 2 N–H and O–H groups in total. The van der Waals surface area contributed by atoms with Crippen LogP contribution in [-0.4, -0.2) is 7.11 Å². The third kappa shape index (κ3) is 6.04. The molecule has 0 saturated carbocycles. The molecule has 1 aromatic carbocycles. The second-order valence-corrected chi connectivity index (χ2v) is 2.45. The van der Waals surface area contributed by atoms with Crippen LogP contribution in [0.5, 0.6) is 5.75 Å². The van der Waals surface area contributed by atoms with Gasteiger partial charge in [-0.05, 0) is 18.2 Å². The maximum atomic E-state index is 12.1. The number of halogens is 3. The van der Waals surface area contributed by atoms with Crippen LogP contribution in [0.15, 0.2) is 18.2 Å². The van der Waals surface area contributed by atoms with Crippen molar-refractivity contribution in [3.63, 3.8) is 0 Å². The first-order valence-corrected chi connectivity index (χ1v) is 5.46. The Morgan fingerprint density at radius 1 is 1.06 bits per heavy atom. The number of hydrogen-bond acceptors (Lipinski definition) is 2. The molecule has 5 heteroatoms. The summed E-state index contributed by atoms with van der Waals surface area (Å²) in [7, 11) is 1.35. The lowest BCUT2D eigenvalue weighted by Crippen LogP contribution is -2.05. The van der Waals surface area contributed by atoms with Crippen LogP contribution in [0, 0.1) is 0 Å². The molecule has 0 aliphatic heterocycles. The molecule has 0 aromatic heterocycles. The summed E-state index contributed by atoms with van der Waals surface area (Å²) in [4.78, 5) is 0. The van der Waals surface area contributed by atoms with E-state index < -0.39 is 11.7 Å². The standard InChI is InChI=1S/C8H8F3NO.2C2H6/c1-13-7-3-2-5(4-6(7)12)8(9,10)11;2*1-2/h2-4H,12H2,1H3;2*1-2H3. The first-order valence-electron chi connectivity index (χ1n) is 5.46. The van der Waals surface area contributed by atoms with E-state index in [-0.39, 0.29) is 11.4 Å². The van der Waals surface area contributed by atoms with Gasteiger partial charge in [-0.25, -0.2) is 0 Å². The Morgan fingerprint density at radius 2 is 1.53 bits per heavy atom. The predicted octanol–water partition coefficient (Wildman–Crippen LogP) is 4.35. The number of hydrogen-bond donors (Lipinski definition) is 1. The van der Waals surface area contributed by atoms with Crippen molar-refractivity contribution in [2.24, 2.45) is 0 Å². The normalized spacial score (nSPS) is 9.41. The van der Waals surface area contributed by atoms with Crippen molar-refractivity contribution in [1.82, 2.24) is 0 Å². The molecule has 100 valence electrons. The van der Waals surface area contributed by atoms with Crippen molar-refractivity contribution < 1.29 is 17.9 Å². The summed E-state index contributed by atoms with van der Waals surface area (Å²) >= 11 is 0.